The van der Waals surface area contributed by atoms with Crippen molar-refractivity contribution < 1.29 is 24.5 Å². The number of benzene rings is 4. The van der Waals surface area contributed by atoms with Crippen molar-refractivity contribution in [3.63, 3.8) is 0 Å². The molecule has 0 fully saturated rings. The SMILES string of the molecule is CCCCCCCCc1nc(SC(c2ccccc2)c2ccccc2C(=O)OC)nn1C(c1ccccc1)c1ccccc1C(=O)OC.O. The van der Waals surface area contributed by atoms with E-state index in [4.69, 9.17) is 19.6 Å². The smallest absolute Gasteiger partial charge is 0.338 e. The predicted molar refractivity (Wildman–Crippen MR) is 194 cm³/mol. The fraction of sp³-hybridized carbons (Fsp3) is 0.300. The highest BCUT2D eigenvalue weighted by molar-refractivity contribution is 7.99. The Morgan fingerprint density at radius 1 is 0.673 bits per heavy atom. The standard InChI is InChI=1S/C40H43N3O4S.H2O/c1-4-5-6-7-8-15-28-35-41-40(48-37(30-22-13-10-14-23-30)32-25-17-19-27-34(32)39(45)47-3)42-43(35)36(29-20-11-9-12-21-29)31-24-16-18-26-33(31)38(44)46-2;/h9-14,16-27,36-37H,4-8,15,28H2,1-3H3;1H2. The lowest BCUT2D eigenvalue weighted by Crippen LogP contribution is -2.20. The molecule has 5 rings (SSSR count). The van der Waals surface area contributed by atoms with Gasteiger partial charge < -0.3 is 14.9 Å². The van der Waals surface area contributed by atoms with Crippen molar-refractivity contribution in [3.05, 3.63) is 148 Å². The Bertz CT molecular complexity index is 1780. The summed E-state index contributed by atoms with van der Waals surface area (Å²) in [5, 5.41) is 5.51. The lowest BCUT2D eigenvalue weighted by atomic mass is 9.94. The van der Waals surface area contributed by atoms with Gasteiger partial charge in [0.2, 0.25) is 5.16 Å². The maximum atomic E-state index is 13.1. The third kappa shape index (κ3) is 9.25. The van der Waals surface area contributed by atoms with E-state index in [0.717, 1.165) is 47.3 Å². The highest BCUT2D eigenvalue weighted by atomic mass is 32.2. The molecule has 8 nitrogen and oxygen atoms in total. The number of nitrogens with zero attached hydrogens (tertiary/aromatic N) is 3. The zero-order valence-electron chi connectivity index (χ0n) is 28.4. The first-order chi connectivity index (χ1) is 23.5. The van der Waals surface area contributed by atoms with Crippen LogP contribution in [-0.2, 0) is 15.9 Å². The molecule has 0 spiro atoms. The van der Waals surface area contributed by atoms with Crippen molar-refractivity contribution in [2.24, 2.45) is 0 Å². The Labute approximate surface area is 293 Å². The number of hydrogen-bond donors (Lipinski definition) is 0. The summed E-state index contributed by atoms with van der Waals surface area (Å²) in [5.41, 5.74) is 4.60. The van der Waals surface area contributed by atoms with E-state index >= 15 is 0 Å². The van der Waals surface area contributed by atoms with Crippen LogP contribution >= 0.6 is 11.8 Å². The molecule has 0 saturated heterocycles. The Morgan fingerprint density at radius 2 is 1.18 bits per heavy atom. The minimum Gasteiger partial charge on any atom is -0.465 e. The summed E-state index contributed by atoms with van der Waals surface area (Å²) in [5.74, 6) is 0.0507. The quantitative estimate of drug-likeness (QED) is 0.0584. The second-order valence-electron chi connectivity index (χ2n) is 11.7. The summed E-state index contributed by atoms with van der Waals surface area (Å²) in [6, 6.07) is 34.8. The van der Waals surface area contributed by atoms with E-state index in [2.05, 4.69) is 31.2 Å². The van der Waals surface area contributed by atoms with Crippen LogP contribution in [0.2, 0.25) is 0 Å². The van der Waals surface area contributed by atoms with Crippen LogP contribution < -0.4 is 0 Å². The number of carbonyl (C=O) groups excluding carboxylic acids is 2. The molecule has 0 aliphatic heterocycles. The molecular weight excluding hydrogens is 635 g/mol. The number of aryl methyl sites for hydroxylation is 1. The zero-order chi connectivity index (χ0) is 33.7. The normalized spacial score (nSPS) is 12.1. The first-order valence-electron chi connectivity index (χ1n) is 16.6. The largest absolute Gasteiger partial charge is 0.465 e. The molecule has 2 N–H and O–H groups in total. The van der Waals surface area contributed by atoms with E-state index in [0.29, 0.717) is 16.3 Å². The van der Waals surface area contributed by atoms with Gasteiger partial charge in [0.1, 0.15) is 11.9 Å². The van der Waals surface area contributed by atoms with Gasteiger partial charge >= 0.3 is 11.9 Å². The molecule has 49 heavy (non-hydrogen) atoms. The van der Waals surface area contributed by atoms with Gasteiger partial charge in [-0.25, -0.2) is 19.3 Å². The average molecular weight is 680 g/mol. The average Bonchev–Trinajstić information content (AvgIpc) is 3.54. The number of hydrogen-bond acceptors (Lipinski definition) is 7. The van der Waals surface area contributed by atoms with Crippen LogP contribution in [0.3, 0.4) is 0 Å². The summed E-state index contributed by atoms with van der Waals surface area (Å²) < 4.78 is 12.4. The van der Waals surface area contributed by atoms with Crippen molar-refractivity contribution in [1.29, 1.82) is 0 Å². The second kappa shape index (κ2) is 18.7. The van der Waals surface area contributed by atoms with E-state index in [9.17, 15) is 9.59 Å². The number of ether oxygens (including phenoxy) is 2. The van der Waals surface area contributed by atoms with Crippen molar-refractivity contribution in [1.82, 2.24) is 14.8 Å². The van der Waals surface area contributed by atoms with E-state index in [1.807, 2.05) is 77.5 Å². The molecular formula is C40H45N3O5S. The summed E-state index contributed by atoms with van der Waals surface area (Å²) in [6.45, 7) is 2.23. The fourth-order valence-corrected chi connectivity index (χ4v) is 7.14. The van der Waals surface area contributed by atoms with Gasteiger partial charge in [-0.1, -0.05) is 148 Å². The van der Waals surface area contributed by atoms with E-state index < -0.39 is 18.0 Å². The second-order valence-corrected chi connectivity index (χ2v) is 12.7. The maximum Gasteiger partial charge on any atom is 0.338 e. The van der Waals surface area contributed by atoms with Gasteiger partial charge in [-0.05, 0) is 40.8 Å². The number of esters is 2. The monoisotopic (exact) mass is 679 g/mol. The third-order valence-electron chi connectivity index (χ3n) is 8.43. The first kappa shape index (κ1) is 37.1. The molecule has 0 bridgehead atoms. The van der Waals surface area contributed by atoms with Crippen LogP contribution in [0.25, 0.3) is 0 Å². The van der Waals surface area contributed by atoms with Gasteiger partial charge in [-0.15, -0.1) is 5.10 Å². The molecule has 1 heterocycles. The summed E-state index contributed by atoms with van der Waals surface area (Å²) in [7, 11) is 2.80. The third-order valence-corrected chi connectivity index (χ3v) is 9.58. The van der Waals surface area contributed by atoms with E-state index in [-0.39, 0.29) is 10.7 Å². The van der Waals surface area contributed by atoms with Crippen LogP contribution in [0.1, 0.15) is 106 Å². The van der Waals surface area contributed by atoms with Crippen molar-refractivity contribution in [3.8, 4) is 0 Å². The summed E-state index contributed by atoms with van der Waals surface area (Å²) in [4.78, 5) is 31.1. The number of carbonyl (C=O) groups is 2. The van der Waals surface area contributed by atoms with Crippen LogP contribution in [-0.4, -0.2) is 46.4 Å². The first-order valence-corrected chi connectivity index (χ1v) is 17.5. The van der Waals surface area contributed by atoms with Gasteiger partial charge in [0, 0.05) is 6.42 Å². The minimum atomic E-state index is -0.420. The van der Waals surface area contributed by atoms with Gasteiger partial charge in [0.05, 0.1) is 30.6 Å². The Balaban J connectivity index is 0.00000541. The molecule has 4 aromatic carbocycles. The number of methoxy groups -OCH3 is 2. The molecule has 5 aromatic rings. The molecule has 0 aliphatic rings. The Hall–Kier alpha value is -4.73. The number of unbranched alkanes of at least 4 members (excludes halogenated alkanes) is 5. The zero-order valence-corrected chi connectivity index (χ0v) is 29.2. The highest BCUT2D eigenvalue weighted by Crippen LogP contribution is 2.42. The van der Waals surface area contributed by atoms with Crippen molar-refractivity contribution in [2.75, 3.05) is 14.2 Å². The van der Waals surface area contributed by atoms with Crippen LogP contribution in [0.4, 0.5) is 0 Å². The molecule has 9 heteroatoms. The number of thioether (sulfide) groups is 1. The molecule has 2 unspecified atom stereocenters. The molecule has 0 radical (unpaired) electrons. The van der Waals surface area contributed by atoms with Crippen LogP contribution in [0.5, 0.6) is 0 Å². The number of aromatic nitrogens is 3. The molecule has 0 saturated carbocycles. The topological polar surface area (TPSA) is 115 Å². The van der Waals surface area contributed by atoms with Gasteiger partial charge in [0.25, 0.3) is 0 Å². The number of rotatable bonds is 16. The lowest BCUT2D eigenvalue weighted by Gasteiger charge is -2.22. The maximum absolute atomic E-state index is 13.1. The lowest BCUT2D eigenvalue weighted by molar-refractivity contribution is 0.0590. The van der Waals surface area contributed by atoms with E-state index in [1.54, 1.807) is 12.1 Å². The Kier molecular flexibility index (Phi) is 14.2. The Morgan fingerprint density at radius 3 is 1.80 bits per heavy atom. The minimum absolute atomic E-state index is 0. The predicted octanol–water partition coefficient (Wildman–Crippen LogP) is 8.45. The van der Waals surface area contributed by atoms with Crippen LogP contribution in [0, 0.1) is 0 Å². The summed E-state index contributed by atoms with van der Waals surface area (Å²) >= 11 is 1.50. The van der Waals surface area contributed by atoms with E-state index in [1.165, 1.54) is 51.7 Å². The summed E-state index contributed by atoms with van der Waals surface area (Å²) in [6.07, 6.45) is 7.65. The van der Waals surface area contributed by atoms with Gasteiger partial charge in [-0.2, -0.15) is 0 Å². The van der Waals surface area contributed by atoms with Gasteiger partial charge in [-0.3, -0.25) is 0 Å². The molecule has 0 amide bonds. The van der Waals surface area contributed by atoms with Crippen molar-refractivity contribution in [2.45, 2.75) is 68.3 Å². The highest BCUT2D eigenvalue weighted by Gasteiger charge is 2.29. The van der Waals surface area contributed by atoms with Crippen molar-refractivity contribution >= 4 is 23.7 Å². The molecule has 0 aliphatic carbocycles. The molecule has 2 atom stereocenters. The van der Waals surface area contributed by atoms with Crippen LogP contribution in [0.15, 0.2) is 114 Å². The molecule has 256 valence electrons. The van der Waals surface area contributed by atoms with Gasteiger partial charge in [0.15, 0.2) is 0 Å². The molecule has 1 aromatic heterocycles. The fourth-order valence-electron chi connectivity index (χ4n) is 6.01.